The van der Waals surface area contributed by atoms with Crippen LogP contribution in [-0.2, 0) is 20.8 Å². The van der Waals surface area contributed by atoms with Crippen molar-refractivity contribution in [3.05, 3.63) is 76.4 Å². The molecule has 1 aliphatic heterocycles. The number of Topliss-reactive ketones (excluding diaryl/α,β-unsaturated/α-hetero) is 1. The van der Waals surface area contributed by atoms with Gasteiger partial charge in [0, 0.05) is 24.6 Å². The van der Waals surface area contributed by atoms with Gasteiger partial charge in [0.1, 0.15) is 0 Å². The van der Waals surface area contributed by atoms with Gasteiger partial charge >= 0.3 is 0 Å². The van der Waals surface area contributed by atoms with E-state index in [9.17, 15) is 14.4 Å². The number of nitrogens with zero attached hydrogens (tertiary/aromatic N) is 3. The van der Waals surface area contributed by atoms with Gasteiger partial charge in [0.25, 0.3) is 0 Å². The zero-order valence-electron chi connectivity index (χ0n) is 17.8. The lowest BCUT2D eigenvalue weighted by Crippen LogP contribution is -2.49. The normalized spacial score (nSPS) is 16.7. The Balaban J connectivity index is 1.85. The molecule has 2 amide bonds. The minimum atomic E-state index is -0.452. The highest BCUT2D eigenvalue weighted by molar-refractivity contribution is 9.09. The van der Waals surface area contributed by atoms with Gasteiger partial charge in [0.15, 0.2) is 5.78 Å². The highest BCUT2D eigenvalue weighted by Gasteiger charge is 2.33. The van der Waals surface area contributed by atoms with E-state index < -0.39 is 5.92 Å². The first-order valence-electron chi connectivity index (χ1n) is 10.3. The summed E-state index contributed by atoms with van der Waals surface area (Å²) < 4.78 is 0. The molecule has 1 aliphatic rings. The standard InChI is InChI=1S/C25H21BrN4O3/c26-11-23(31)29-14-24(32)30-15-21(9-17-1-5-19(12-27)6-2-17)25(33)22(16-30)10-18-3-7-20(13-28)8-4-18/h1-9,22H,10-11,14-16H2,(H,29,31)/b21-9+. The number of nitriles is 2. The SMILES string of the molecule is N#Cc1ccc(/C=C2\CN(C(=O)CNC(=O)CBr)CC(Cc3ccc(C#N)cc3)C2=O)cc1. The van der Waals surface area contributed by atoms with Crippen molar-refractivity contribution in [3.63, 3.8) is 0 Å². The number of hydrogen-bond donors (Lipinski definition) is 1. The number of likely N-dealkylation sites (tertiary alicyclic amines) is 1. The molecule has 0 saturated carbocycles. The van der Waals surface area contributed by atoms with Gasteiger partial charge in [-0.05, 0) is 47.9 Å². The van der Waals surface area contributed by atoms with Crippen LogP contribution >= 0.6 is 15.9 Å². The lowest BCUT2D eigenvalue weighted by molar-refractivity contribution is -0.135. The number of benzene rings is 2. The average molecular weight is 505 g/mol. The van der Waals surface area contributed by atoms with Crippen LogP contribution in [-0.4, -0.2) is 47.5 Å². The van der Waals surface area contributed by atoms with Gasteiger partial charge in [-0.1, -0.05) is 40.2 Å². The van der Waals surface area contributed by atoms with Crippen molar-refractivity contribution in [2.24, 2.45) is 5.92 Å². The molecule has 1 N–H and O–H groups in total. The van der Waals surface area contributed by atoms with Crippen molar-refractivity contribution in [1.82, 2.24) is 10.2 Å². The van der Waals surface area contributed by atoms with Crippen LogP contribution in [0.4, 0.5) is 0 Å². The quantitative estimate of drug-likeness (QED) is 0.479. The van der Waals surface area contributed by atoms with E-state index in [4.69, 9.17) is 10.5 Å². The van der Waals surface area contributed by atoms with E-state index in [1.54, 1.807) is 47.4 Å². The van der Waals surface area contributed by atoms with Gasteiger partial charge in [-0.15, -0.1) is 0 Å². The van der Waals surface area contributed by atoms with Gasteiger partial charge in [-0.3, -0.25) is 14.4 Å². The lowest BCUT2D eigenvalue weighted by atomic mass is 9.86. The topological polar surface area (TPSA) is 114 Å². The number of nitrogens with one attached hydrogen (secondary N) is 1. The molecule has 1 heterocycles. The van der Waals surface area contributed by atoms with Gasteiger partial charge in [-0.25, -0.2) is 0 Å². The van der Waals surface area contributed by atoms with Crippen molar-refractivity contribution >= 4 is 39.6 Å². The number of carbonyl (C=O) groups is 3. The smallest absolute Gasteiger partial charge is 0.242 e. The molecule has 0 radical (unpaired) electrons. The summed E-state index contributed by atoms with van der Waals surface area (Å²) in [5.74, 6) is -1.06. The van der Waals surface area contributed by atoms with E-state index in [0.29, 0.717) is 23.1 Å². The summed E-state index contributed by atoms with van der Waals surface area (Å²) in [6, 6.07) is 18.0. The molecule has 1 unspecified atom stereocenters. The Morgan fingerprint density at radius 1 is 1.06 bits per heavy atom. The zero-order chi connectivity index (χ0) is 23.8. The van der Waals surface area contributed by atoms with Crippen LogP contribution in [0, 0.1) is 28.6 Å². The third-order valence-electron chi connectivity index (χ3n) is 5.35. The summed E-state index contributed by atoms with van der Waals surface area (Å²) >= 11 is 3.05. The van der Waals surface area contributed by atoms with Crippen LogP contribution in [0.2, 0.25) is 0 Å². The van der Waals surface area contributed by atoms with Crippen LogP contribution in [0.3, 0.4) is 0 Å². The third-order valence-corrected chi connectivity index (χ3v) is 5.86. The fourth-order valence-corrected chi connectivity index (χ4v) is 3.81. The molecule has 1 saturated heterocycles. The van der Waals surface area contributed by atoms with Crippen LogP contribution in [0.15, 0.2) is 54.1 Å². The number of hydrogen-bond acceptors (Lipinski definition) is 5. The number of carbonyl (C=O) groups excluding carboxylic acids is 3. The van der Waals surface area contributed by atoms with Gasteiger partial charge in [0.05, 0.1) is 35.1 Å². The molecule has 33 heavy (non-hydrogen) atoms. The van der Waals surface area contributed by atoms with Gasteiger partial charge in [0.2, 0.25) is 11.8 Å². The Bertz CT molecular complexity index is 1160. The fourth-order valence-electron chi connectivity index (χ4n) is 3.61. The lowest BCUT2D eigenvalue weighted by Gasteiger charge is -2.33. The molecule has 0 aliphatic carbocycles. The maximum atomic E-state index is 13.3. The van der Waals surface area contributed by atoms with E-state index in [2.05, 4.69) is 33.4 Å². The molecule has 2 aromatic rings. The van der Waals surface area contributed by atoms with Crippen molar-refractivity contribution in [2.75, 3.05) is 25.0 Å². The Morgan fingerprint density at radius 2 is 1.67 bits per heavy atom. The summed E-state index contributed by atoms with van der Waals surface area (Å²) in [6.45, 7) is 0.241. The van der Waals surface area contributed by atoms with E-state index in [1.807, 2.05) is 12.1 Å². The molecular formula is C25H21BrN4O3. The predicted molar refractivity (Wildman–Crippen MR) is 126 cm³/mol. The first-order valence-corrected chi connectivity index (χ1v) is 11.4. The van der Waals surface area contributed by atoms with Crippen molar-refractivity contribution < 1.29 is 14.4 Å². The Labute approximate surface area is 200 Å². The van der Waals surface area contributed by atoms with Crippen molar-refractivity contribution in [1.29, 1.82) is 10.5 Å². The fraction of sp³-hybridized carbons (Fsp3) is 0.240. The van der Waals surface area contributed by atoms with E-state index in [0.717, 1.165) is 11.1 Å². The number of ketones is 1. The molecule has 7 nitrogen and oxygen atoms in total. The highest BCUT2D eigenvalue weighted by Crippen LogP contribution is 2.24. The second-order valence-corrected chi connectivity index (χ2v) is 8.22. The van der Waals surface area contributed by atoms with Crippen molar-refractivity contribution in [3.8, 4) is 12.1 Å². The molecule has 3 rings (SSSR count). The Morgan fingerprint density at radius 3 is 2.24 bits per heavy atom. The van der Waals surface area contributed by atoms with Crippen molar-refractivity contribution in [2.45, 2.75) is 6.42 Å². The Kier molecular flexibility index (Phi) is 8.12. The average Bonchev–Trinajstić information content (AvgIpc) is 2.85. The summed E-state index contributed by atoms with van der Waals surface area (Å²) in [6.07, 6.45) is 2.17. The molecule has 0 aromatic heterocycles. The molecular weight excluding hydrogens is 484 g/mol. The first kappa shape index (κ1) is 23.9. The molecule has 1 atom stereocenters. The predicted octanol–water partition coefficient (Wildman–Crippen LogP) is 2.59. The molecule has 1 fully saturated rings. The summed E-state index contributed by atoms with van der Waals surface area (Å²) in [5.41, 5.74) is 3.20. The monoisotopic (exact) mass is 504 g/mol. The number of alkyl halides is 1. The molecule has 166 valence electrons. The molecule has 0 bridgehead atoms. The van der Waals surface area contributed by atoms with Crippen LogP contribution < -0.4 is 5.32 Å². The number of halogens is 1. The minimum Gasteiger partial charge on any atom is -0.346 e. The van der Waals surface area contributed by atoms with E-state index >= 15 is 0 Å². The number of amides is 2. The second kappa shape index (κ2) is 11.2. The van der Waals surface area contributed by atoms with Crippen LogP contribution in [0.25, 0.3) is 6.08 Å². The summed E-state index contributed by atoms with van der Waals surface area (Å²) in [4.78, 5) is 39.2. The van der Waals surface area contributed by atoms with Crippen LogP contribution in [0.1, 0.15) is 22.3 Å². The van der Waals surface area contributed by atoms with Gasteiger partial charge < -0.3 is 10.2 Å². The molecule has 0 spiro atoms. The van der Waals surface area contributed by atoms with Crippen LogP contribution in [0.5, 0.6) is 0 Å². The third kappa shape index (κ3) is 6.38. The number of piperidine rings is 1. The summed E-state index contributed by atoms with van der Waals surface area (Å²) in [7, 11) is 0. The van der Waals surface area contributed by atoms with E-state index in [-0.39, 0.29) is 42.6 Å². The highest BCUT2D eigenvalue weighted by atomic mass is 79.9. The number of rotatable bonds is 6. The second-order valence-electron chi connectivity index (χ2n) is 7.66. The minimum absolute atomic E-state index is 0.0442. The van der Waals surface area contributed by atoms with E-state index in [1.165, 1.54) is 0 Å². The summed E-state index contributed by atoms with van der Waals surface area (Å²) in [5, 5.41) is 20.6. The maximum absolute atomic E-state index is 13.3. The zero-order valence-corrected chi connectivity index (χ0v) is 19.3. The molecule has 2 aromatic carbocycles. The van der Waals surface area contributed by atoms with Gasteiger partial charge in [-0.2, -0.15) is 10.5 Å². The largest absolute Gasteiger partial charge is 0.346 e. The maximum Gasteiger partial charge on any atom is 0.242 e. The first-order chi connectivity index (χ1) is 15.9. The Hall–Kier alpha value is -3.75. The molecule has 8 heteroatoms.